The second-order valence-electron chi connectivity index (χ2n) is 17.7. The Bertz CT molecular complexity index is 3120. The molecule has 2 aliphatic rings. The van der Waals surface area contributed by atoms with Gasteiger partial charge >= 0.3 is 0 Å². The summed E-state index contributed by atoms with van der Waals surface area (Å²) < 4.78 is 0. The minimum absolute atomic E-state index is 0.0994. The van der Waals surface area contributed by atoms with E-state index in [1.54, 1.807) is 0 Å². The van der Waals surface area contributed by atoms with E-state index in [1.165, 1.54) is 89.0 Å². The van der Waals surface area contributed by atoms with Crippen LogP contribution < -0.4 is 4.90 Å². The van der Waals surface area contributed by atoms with Crippen molar-refractivity contribution in [2.24, 2.45) is 0 Å². The smallest absolute Gasteiger partial charge is 0.0540 e. The van der Waals surface area contributed by atoms with Crippen molar-refractivity contribution in [2.45, 2.75) is 38.5 Å². The molecule has 9 aromatic rings. The summed E-state index contributed by atoms with van der Waals surface area (Å²) in [7, 11) is 0. The van der Waals surface area contributed by atoms with Crippen LogP contribution in [0.25, 0.3) is 66.8 Å². The van der Waals surface area contributed by atoms with Crippen LogP contribution in [0, 0.1) is 0 Å². The van der Waals surface area contributed by atoms with Crippen LogP contribution in [0.15, 0.2) is 212 Å². The monoisotopic (exact) mass is 781 g/mol. The molecular formula is C60H47N. The molecule has 0 N–H and O–H groups in total. The lowest BCUT2D eigenvalue weighted by atomic mass is 9.79. The Morgan fingerprint density at radius 2 is 0.754 bits per heavy atom. The number of nitrogens with zero attached hydrogens (tertiary/aromatic N) is 1. The van der Waals surface area contributed by atoms with Crippen molar-refractivity contribution in [1.82, 2.24) is 0 Å². The second-order valence-corrected chi connectivity index (χ2v) is 17.7. The Morgan fingerprint density at radius 3 is 1.46 bits per heavy atom. The number of rotatable bonds is 7. The van der Waals surface area contributed by atoms with Crippen LogP contribution in [0.3, 0.4) is 0 Å². The summed E-state index contributed by atoms with van der Waals surface area (Å²) >= 11 is 0. The summed E-state index contributed by atoms with van der Waals surface area (Å²) in [6.45, 7) is 9.47. The zero-order valence-electron chi connectivity index (χ0n) is 35.2. The molecule has 61 heavy (non-hydrogen) atoms. The summed E-state index contributed by atoms with van der Waals surface area (Å²) in [5.41, 5.74) is 23.7. The Hall–Kier alpha value is -7.22. The predicted octanol–water partition coefficient (Wildman–Crippen LogP) is 16.4. The third kappa shape index (κ3) is 5.91. The molecule has 0 atom stereocenters. The van der Waals surface area contributed by atoms with Crippen LogP contribution in [0.5, 0.6) is 0 Å². The van der Waals surface area contributed by atoms with Crippen molar-refractivity contribution in [3.63, 3.8) is 0 Å². The van der Waals surface area contributed by atoms with E-state index in [0.29, 0.717) is 0 Å². The van der Waals surface area contributed by atoms with Gasteiger partial charge in [0.25, 0.3) is 0 Å². The molecule has 11 rings (SSSR count). The van der Waals surface area contributed by atoms with Gasteiger partial charge in [0.15, 0.2) is 0 Å². The van der Waals surface area contributed by atoms with Gasteiger partial charge in [-0.25, -0.2) is 0 Å². The molecule has 292 valence electrons. The Morgan fingerprint density at radius 1 is 0.279 bits per heavy atom. The zero-order valence-corrected chi connectivity index (χ0v) is 35.2. The molecule has 0 amide bonds. The molecule has 0 fully saturated rings. The Kier molecular flexibility index (Phi) is 8.58. The molecule has 1 heteroatoms. The second kappa shape index (κ2) is 14.2. The molecule has 0 heterocycles. The molecule has 0 unspecified atom stereocenters. The van der Waals surface area contributed by atoms with E-state index >= 15 is 0 Å². The van der Waals surface area contributed by atoms with Crippen molar-refractivity contribution >= 4 is 17.1 Å². The fraction of sp³-hybridized carbons (Fsp3) is 0.100. The largest absolute Gasteiger partial charge is 0.310 e. The topological polar surface area (TPSA) is 3.24 Å². The Balaban J connectivity index is 1.09. The number of hydrogen-bond donors (Lipinski definition) is 0. The summed E-state index contributed by atoms with van der Waals surface area (Å²) in [5.74, 6) is 0. The van der Waals surface area contributed by atoms with Gasteiger partial charge in [-0.15, -0.1) is 0 Å². The van der Waals surface area contributed by atoms with E-state index in [-0.39, 0.29) is 10.8 Å². The molecule has 0 bridgehead atoms. The molecule has 0 spiro atoms. The number of benzene rings is 9. The minimum atomic E-state index is -0.105. The van der Waals surface area contributed by atoms with Gasteiger partial charge in [0, 0.05) is 27.8 Å². The molecule has 0 aliphatic heterocycles. The number of para-hydroxylation sites is 1. The van der Waals surface area contributed by atoms with Gasteiger partial charge in [-0.3, -0.25) is 0 Å². The van der Waals surface area contributed by atoms with Crippen molar-refractivity contribution in [2.75, 3.05) is 4.90 Å². The third-order valence-corrected chi connectivity index (χ3v) is 13.5. The van der Waals surface area contributed by atoms with E-state index < -0.39 is 0 Å². The molecular weight excluding hydrogens is 735 g/mol. The first kappa shape index (κ1) is 36.8. The first-order valence-corrected chi connectivity index (χ1v) is 21.5. The minimum Gasteiger partial charge on any atom is -0.310 e. The quantitative estimate of drug-likeness (QED) is 0.156. The average molecular weight is 782 g/mol. The lowest BCUT2D eigenvalue weighted by Gasteiger charge is -2.30. The van der Waals surface area contributed by atoms with Crippen molar-refractivity contribution in [3.8, 4) is 66.8 Å². The SMILES string of the molecule is CC1(C)c2ccccc2-c2ccc(-c3ccccc3N(c3ccc(-c4cccc5c4C(C)(C)c4ccccc4-5)cc3)c3ccc(-c4ccccc4)c(-c4ccccc4)c3)cc21. The zero-order chi connectivity index (χ0) is 41.3. The van der Waals surface area contributed by atoms with Gasteiger partial charge in [-0.1, -0.05) is 204 Å². The summed E-state index contributed by atoms with van der Waals surface area (Å²) in [6, 6.07) is 78.5. The Labute approximate surface area is 360 Å². The van der Waals surface area contributed by atoms with Crippen LogP contribution in [0.4, 0.5) is 17.1 Å². The van der Waals surface area contributed by atoms with Crippen molar-refractivity contribution < 1.29 is 0 Å². The third-order valence-electron chi connectivity index (χ3n) is 13.5. The number of hydrogen-bond acceptors (Lipinski definition) is 1. The first-order chi connectivity index (χ1) is 29.8. The standard InChI is InChI=1S/C60H47N/c1-59(2)54-27-14-11-23-49(54)51-36-32-43(38-56(51)59)47-22-13-16-29-57(47)61(45-35-37-46(40-18-7-5-8-19-40)53(39-45)41-20-9-6-10-21-41)44-33-30-42(31-34-44)48-25-17-26-52-50-24-12-15-28-55(50)60(3,4)58(48)52/h5-39H,1-4H3. The van der Waals surface area contributed by atoms with Gasteiger partial charge in [-0.2, -0.15) is 0 Å². The van der Waals surface area contributed by atoms with E-state index in [0.717, 1.165) is 17.1 Å². The van der Waals surface area contributed by atoms with Gasteiger partial charge in [0.1, 0.15) is 0 Å². The lowest BCUT2D eigenvalue weighted by molar-refractivity contribution is 0.660. The van der Waals surface area contributed by atoms with Gasteiger partial charge in [0.2, 0.25) is 0 Å². The lowest BCUT2D eigenvalue weighted by Crippen LogP contribution is -2.16. The molecule has 0 radical (unpaired) electrons. The van der Waals surface area contributed by atoms with E-state index in [2.05, 4.69) is 245 Å². The van der Waals surface area contributed by atoms with Crippen LogP contribution in [-0.2, 0) is 10.8 Å². The normalized spacial score (nSPS) is 13.8. The summed E-state index contributed by atoms with van der Waals surface area (Å²) in [6.07, 6.45) is 0. The van der Waals surface area contributed by atoms with E-state index in [9.17, 15) is 0 Å². The molecule has 1 nitrogen and oxygen atoms in total. The average Bonchev–Trinajstić information content (AvgIpc) is 3.69. The van der Waals surface area contributed by atoms with E-state index in [1.807, 2.05) is 0 Å². The maximum atomic E-state index is 2.46. The number of fused-ring (bicyclic) bond motifs is 6. The van der Waals surface area contributed by atoms with Crippen molar-refractivity contribution in [3.05, 3.63) is 235 Å². The maximum absolute atomic E-state index is 2.46. The maximum Gasteiger partial charge on any atom is 0.0540 e. The molecule has 9 aromatic carbocycles. The molecule has 0 aromatic heterocycles. The van der Waals surface area contributed by atoms with Gasteiger partial charge in [-0.05, 0) is 120 Å². The summed E-state index contributed by atoms with van der Waals surface area (Å²) in [5, 5.41) is 0. The summed E-state index contributed by atoms with van der Waals surface area (Å²) in [4.78, 5) is 2.46. The van der Waals surface area contributed by atoms with Gasteiger partial charge < -0.3 is 4.90 Å². The molecule has 2 aliphatic carbocycles. The van der Waals surface area contributed by atoms with Gasteiger partial charge in [0.05, 0.1) is 5.69 Å². The number of anilines is 3. The molecule has 0 saturated heterocycles. The van der Waals surface area contributed by atoms with E-state index in [4.69, 9.17) is 0 Å². The van der Waals surface area contributed by atoms with Crippen LogP contribution in [-0.4, -0.2) is 0 Å². The highest BCUT2D eigenvalue weighted by molar-refractivity contribution is 5.95. The highest BCUT2D eigenvalue weighted by Gasteiger charge is 2.38. The highest BCUT2D eigenvalue weighted by atomic mass is 15.1. The fourth-order valence-electron chi connectivity index (χ4n) is 10.5. The van der Waals surface area contributed by atoms with Crippen LogP contribution in [0.2, 0.25) is 0 Å². The van der Waals surface area contributed by atoms with Crippen molar-refractivity contribution in [1.29, 1.82) is 0 Å². The highest BCUT2D eigenvalue weighted by Crippen LogP contribution is 2.53. The first-order valence-electron chi connectivity index (χ1n) is 21.5. The van der Waals surface area contributed by atoms with Crippen LogP contribution >= 0.6 is 0 Å². The van der Waals surface area contributed by atoms with Crippen LogP contribution in [0.1, 0.15) is 49.9 Å². The predicted molar refractivity (Wildman–Crippen MR) is 258 cm³/mol. The fourth-order valence-corrected chi connectivity index (χ4v) is 10.5. The molecule has 0 saturated carbocycles.